The summed E-state index contributed by atoms with van der Waals surface area (Å²) in [5.74, 6) is 1.51. The molecule has 2 N–H and O–H groups in total. The van der Waals surface area contributed by atoms with Crippen molar-refractivity contribution in [3.8, 4) is 0 Å². The average Bonchev–Trinajstić information content (AvgIpc) is 2.63. The number of aromatic nitrogens is 3. The molecule has 0 aliphatic carbocycles. The fourth-order valence-electron chi connectivity index (χ4n) is 2.73. The van der Waals surface area contributed by atoms with Gasteiger partial charge in [-0.3, -0.25) is 0 Å². The molecule has 6 heteroatoms. The van der Waals surface area contributed by atoms with Crippen LogP contribution in [-0.4, -0.2) is 15.2 Å². The molecule has 0 bridgehead atoms. The fourth-order valence-corrected chi connectivity index (χ4v) is 2.93. The molecule has 0 radical (unpaired) electrons. The van der Waals surface area contributed by atoms with E-state index in [1.807, 2.05) is 24.3 Å². The molecular weight excluding hydrogens is 346 g/mol. The van der Waals surface area contributed by atoms with E-state index in [2.05, 4.69) is 64.8 Å². The van der Waals surface area contributed by atoms with E-state index in [9.17, 15) is 0 Å². The zero-order chi connectivity index (χ0) is 18.5. The highest BCUT2D eigenvalue weighted by Gasteiger charge is 2.10. The summed E-state index contributed by atoms with van der Waals surface area (Å²) in [4.78, 5) is 4.52. The molecule has 0 fully saturated rings. The van der Waals surface area contributed by atoms with E-state index in [0.717, 1.165) is 11.3 Å². The quantitative estimate of drug-likeness (QED) is 0.618. The van der Waals surface area contributed by atoms with Gasteiger partial charge in [0.05, 0.1) is 6.20 Å². The van der Waals surface area contributed by atoms with Crippen LogP contribution in [0.5, 0.6) is 0 Å². The Hall–Kier alpha value is -2.66. The van der Waals surface area contributed by atoms with E-state index in [0.29, 0.717) is 29.3 Å². The van der Waals surface area contributed by atoms with Gasteiger partial charge in [0.25, 0.3) is 0 Å². The Morgan fingerprint density at radius 3 is 2.65 bits per heavy atom. The van der Waals surface area contributed by atoms with E-state index >= 15 is 0 Å². The molecule has 0 unspecified atom stereocenters. The van der Waals surface area contributed by atoms with Crippen LogP contribution < -0.4 is 10.6 Å². The van der Waals surface area contributed by atoms with E-state index in [1.54, 1.807) is 6.20 Å². The number of halogens is 1. The van der Waals surface area contributed by atoms with Crippen molar-refractivity contribution in [3.63, 3.8) is 0 Å². The molecule has 0 spiro atoms. The van der Waals surface area contributed by atoms with Gasteiger partial charge < -0.3 is 10.6 Å². The van der Waals surface area contributed by atoms with Gasteiger partial charge in [0.1, 0.15) is 0 Å². The Balaban J connectivity index is 1.77. The van der Waals surface area contributed by atoms with Gasteiger partial charge in [-0.1, -0.05) is 61.8 Å². The van der Waals surface area contributed by atoms with Crippen LogP contribution in [0.1, 0.15) is 36.5 Å². The maximum Gasteiger partial charge on any atom is 0.244 e. The molecule has 134 valence electrons. The van der Waals surface area contributed by atoms with Crippen molar-refractivity contribution < 1.29 is 0 Å². The van der Waals surface area contributed by atoms with Crippen LogP contribution in [-0.2, 0) is 6.54 Å². The lowest BCUT2D eigenvalue weighted by Gasteiger charge is -2.17. The van der Waals surface area contributed by atoms with Crippen LogP contribution in [0, 0.1) is 6.92 Å². The number of aryl methyl sites for hydroxylation is 1. The minimum atomic E-state index is 0.407. The molecule has 1 heterocycles. The van der Waals surface area contributed by atoms with Crippen LogP contribution in [0.25, 0.3) is 0 Å². The van der Waals surface area contributed by atoms with E-state index in [4.69, 9.17) is 11.6 Å². The summed E-state index contributed by atoms with van der Waals surface area (Å²) in [6, 6.07) is 14.0. The van der Waals surface area contributed by atoms with Gasteiger partial charge in [0.15, 0.2) is 5.82 Å². The third kappa shape index (κ3) is 4.29. The summed E-state index contributed by atoms with van der Waals surface area (Å²) >= 11 is 6.18. The summed E-state index contributed by atoms with van der Waals surface area (Å²) in [5, 5.41) is 15.4. The summed E-state index contributed by atoms with van der Waals surface area (Å²) < 4.78 is 0. The molecule has 26 heavy (non-hydrogen) atoms. The first-order valence-corrected chi connectivity index (χ1v) is 8.96. The van der Waals surface area contributed by atoms with Crippen LogP contribution in [0.3, 0.4) is 0 Å². The maximum atomic E-state index is 6.18. The van der Waals surface area contributed by atoms with Crippen LogP contribution >= 0.6 is 11.6 Å². The molecule has 0 aliphatic rings. The first-order chi connectivity index (χ1) is 12.5. The lowest BCUT2D eigenvalue weighted by atomic mass is 9.98. The predicted octanol–water partition coefficient (Wildman–Crippen LogP) is 5.31. The zero-order valence-electron chi connectivity index (χ0n) is 15.1. The average molecular weight is 368 g/mol. The van der Waals surface area contributed by atoms with Crippen LogP contribution in [0.15, 0.2) is 48.7 Å². The van der Waals surface area contributed by atoms with Crippen LogP contribution in [0.2, 0.25) is 5.02 Å². The highest BCUT2D eigenvalue weighted by Crippen LogP contribution is 2.29. The van der Waals surface area contributed by atoms with Gasteiger partial charge in [-0.25, -0.2) is 0 Å². The highest BCUT2D eigenvalue weighted by molar-refractivity contribution is 6.31. The second kappa shape index (κ2) is 8.15. The second-order valence-electron chi connectivity index (χ2n) is 6.43. The van der Waals surface area contributed by atoms with E-state index in [1.165, 1.54) is 11.1 Å². The molecule has 0 aliphatic heterocycles. The molecule has 3 rings (SSSR count). The van der Waals surface area contributed by atoms with Gasteiger partial charge in [-0.2, -0.15) is 10.1 Å². The Bertz CT molecular complexity index is 895. The van der Waals surface area contributed by atoms with Gasteiger partial charge >= 0.3 is 0 Å². The molecule has 0 saturated heterocycles. The Labute approximate surface area is 158 Å². The molecule has 2 aromatic carbocycles. The Morgan fingerprint density at radius 2 is 1.88 bits per heavy atom. The molecule has 1 aromatic heterocycles. The third-order valence-corrected chi connectivity index (χ3v) is 4.50. The lowest BCUT2D eigenvalue weighted by Crippen LogP contribution is -2.08. The number of para-hydroxylation sites is 1. The fraction of sp³-hybridized carbons (Fsp3) is 0.250. The number of hydrogen-bond acceptors (Lipinski definition) is 5. The largest absolute Gasteiger partial charge is 0.349 e. The van der Waals surface area contributed by atoms with Gasteiger partial charge in [-0.05, 0) is 35.6 Å². The van der Waals surface area contributed by atoms with Gasteiger partial charge in [0.2, 0.25) is 5.95 Å². The topological polar surface area (TPSA) is 62.7 Å². The standard InChI is InChI=1S/C20H22ClN5/c1-13(2)16-9-6-7-14(3)19(16)24-18-12-23-26-20(25-18)22-11-15-8-4-5-10-17(15)21/h4-10,12-13H,11H2,1-3H3,(H2,22,24,25,26). The monoisotopic (exact) mass is 367 g/mol. The summed E-state index contributed by atoms with van der Waals surface area (Å²) in [5.41, 5.74) is 4.46. The number of anilines is 3. The minimum absolute atomic E-state index is 0.407. The second-order valence-corrected chi connectivity index (χ2v) is 6.84. The lowest BCUT2D eigenvalue weighted by molar-refractivity contribution is 0.866. The number of nitrogens with one attached hydrogen (secondary N) is 2. The van der Waals surface area contributed by atoms with Crippen molar-refractivity contribution in [1.82, 2.24) is 15.2 Å². The van der Waals surface area contributed by atoms with Crippen molar-refractivity contribution in [3.05, 3.63) is 70.4 Å². The number of benzene rings is 2. The first kappa shape index (κ1) is 18.1. The van der Waals surface area contributed by atoms with Crippen LogP contribution in [0.4, 0.5) is 17.5 Å². The molecule has 0 saturated carbocycles. The third-order valence-electron chi connectivity index (χ3n) is 4.13. The smallest absolute Gasteiger partial charge is 0.244 e. The van der Waals surface area contributed by atoms with Gasteiger partial charge in [0, 0.05) is 17.3 Å². The molecule has 0 atom stereocenters. The van der Waals surface area contributed by atoms with Crippen molar-refractivity contribution in [2.45, 2.75) is 33.2 Å². The number of nitrogens with zero attached hydrogens (tertiary/aromatic N) is 3. The van der Waals surface area contributed by atoms with Crippen molar-refractivity contribution in [2.75, 3.05) is 10.6 Å². The van der Waals surface area contributed by atoms with Crippen molar-refractivity contribution >= 4 is 29.1 Å². The molecular formula is C20H22ClN5. The van der Waals surface area contributed by atoms with E-state index < -0.39 is 0 Å². The normalized spacial score (nSPS) is 10.8. The summed E-state index contributed by atoms with van der Waals surface area (Å²) in [6.45, 7) is 6.97. The van der Waals surface area contributed by atoms with Crippen molar-refractivity contribution in [2.24, 2.45) is 0 Å². The van der Waals surface area contributed by atoms with Crippen molar-refractivity contribution in [1.29, 1.82) is 0 Å². The molecule has 3 aromatic rings. The molecule has 0 amide bonds. The number of rotatable bonds is 6. The van der Waals surface area contributed by atoms with Gasteiger partial charge in [-0.15, -0.1) is 5.10 Å². The minimum Gasteiger partial charge on any atom is -0.349 e. The van der Waals surface area contributed by atoms with E-state index in [-0.39, 0.29) is 0 Å². The summed E-state index contributed by atoms with van der Waals surface area (Å²) in [7, 11) is 0. The SMILES string of the molecule is Cc1cccc(C(C)C)c1Nc1cnnc(NCc2ccccc2Cl)n1. The predicted molar refractivity (Wildman–Crippen MR) is 107 cm³/mol. The highest BCUT2D eigenvalue weighted by atomic mass is 35.5. The molecule has 5 nitrogen and oxygen atoms in total. The zero-order valence-corrected chi connectivity index (χ0v) is 15.9. The maximum absolute atomic E-state index is 6.18. The Morgan fingerprint density at radius 1 is 1.08 bits per heavy atom. The number of hydrogen-bond donors (Lipinski definition) is 2. The Kier molecular flexibility index (Phi) is 5.68. The first-order valence-electron chi connectivity index (χ1n) is 8.58. The summed E-state index contributed by atoms with van der Waals surface area (Å²) in [6.07, 6.45) is 1.62.